The molecule has 0 radical (unpaired) electrons. The molecule has 1 amide bonds. The molecule has 0 bridgehead atoms. The highest BCUT2D eigenvalue weighted by molar-refractivity contribution is 7.45. The number of unbranched alkanes of at least 4 members (excludes halogenated alkanes) is 49. The number of nitrogens with one attached hydrogen (secondary N) is 1. The first-order valence-electron chi connectivity index (χ1n) is 36.3. The molecule has 0 aromatic heterocycles. The van der Waals surface area contributed by atoms with Gasteiger partial charge in [-0.15, -0.1) is 0 Å². The number of carbonyl (C=O) groups excluding carboxylic acids is 1. The van der Waals surface area contributed by atoms with Crippen LogP contribution in [0.1, 0.15) is 373 Å². The Morgan fingerprint density at radius 1 is 0.427 bits per heavy atom. The molecule has 0 saturated heterocycles. The summed E-state index contributed by atoms with van der Waals surface area (Å²) < 4.78 is 23.5. The minimum Gasteiger partial charge on any atom is -0.756 e. The van der Waals surface area contributed by atoms with Crippen molar-refractivity contribution in [3.63, 3.8) is 0 Å². The zero-order valence-electron chi connectivity index (χ0n) is 55.7. The van der Waals surface area contributed by atoms with E-state index in [0.717, 1.165) is 51.4 Å². The van der Waals surface area contributed by atoms with Crippen molar-refractivity contribution in [2.45, 2.75) is 386 Å². The van der Waals surface area contributed by atoms with Crippen molar-refractivity contribution < 1.29 is 32.9 Å². The van der Waals surface area contributed by atoms with Crippen molar-refractivity contribution in [1.82, 2.24) is 5.32 Å². The fraction of sp³-hybridized carbons (Fsp3) is 0.904. The second kappa shape index (κ2) is 64.2. The van der Waals surface area contributed by atoms with Crippen molar-refractivity contribution in [1.29, 1.82) is 0 Å². The van der Waals surface area contributed by atoms with Gasteiger partial charge in [0.2, 0.25) is 5.91 Å². The van der Waals surface area contributed by atoms with Crippen molar-refractivity contribution in [3.8, 4) is 0 Å². The molecule has 0 spiro atoms. The third-order valence-electron chi connectivity index (χ3n) is 16.9. The summed E-state index contributed by atoms with van der Waals surface area (Å²) in [5.41, 5.74) is 0. The third kappa shape index (κ3) is 66.2. The number of aliphatic hydroxyl groups excluding tert-OH is 1. The Balaban J connectivity index is 3.87. The molecule has 3 unspecified atom stereocenters. The van der Waals surface area contributed by atoms with E-state index in [0.29, 0.717) is 23.9 Å². The first kappa shape index (κ1) is 80.7. The van der Waals surface area contributed by atoms with Gasteiger partial charge in [0.1, 0.15) is 13.2 Å². The number of carbonyl (C=O) groups is 1. The minimum absolute atomic E-state index is 0.0150. The fourth-order valence-electron chi connectivity index (χ4n) is 11.2. The molecule has 0 aliphatic heterocycles. The topological polar surface area (TPSA) is 108 Å². The van der Waals surface area contributed by atoms with E-state index >= 15 is 0 Å². The lowest BCUT2D eigenvalue weighted by Gasteiger charge is -2.30. The van der Waals surface area contributed by atoms with Gasteiger partial charge in [-0.3, -0.25) is 9.36 Å². The normalized spacial score (nSPS) is 13.8. The molecular formula is C73H143N2O6P. The zero-order valence-corrected chi connectivity index (χ0v) is 56.6. The highest BCUT2D eigenvalue weighted by Gasteiger charge is 2.24. The van der Waals surface area contributed by atoms with Crippen LogP contribution in [-0.4, -0.2) is 68.5 Å². The highest BCUT2D eigenvalue weighted by atomic mass is 31.2. The average molecular weight is 1180 g/mol. The van der Waals surface area contributed by atoms with E-state index in [4.69, 9.17) is 9.05 Å². The average Bonchev–Trinajstić information content (AvgIpc) is 3.47. The van der Waals surface area contributed by atoms with Crippen LogP contribution >= 0.6 is 7.82 Å². The molecule has 0 aromatic rings. The summed E-state index contributed by atoms with van der Waals surface area (Å²) in [5, 5.41) is 14.1. The van der Waals surface area contributed by atoms with Crippen LogP contribution in [0.15, 0.2) is 36.5 Å². The molecule has 0 aliphatic carbocycles. The molecule has 486 valence electrons. The van der Waals surface area contributed by atoms with Gasteiger partial charge in [0, 0.05) is 6.42 Å². The summed E-state index contributed by atoms with van der Waals surface area (Å²) in [6.07, 6.45) is 85.3. The number of hydrogen-bond acceptors (Lipinski definition) is 6. The van der Waals surface area contributed by atoms with Crippen LogP contribution < -0.4 is 10.2 Å². The predicted molar refractivity (Wildman–Crippen MR) is 358 cm³/mol. The van der Waals surface area contributed by atoms with E-state index in [1.165, 1.54) is 295 Å². The Morgan fingerprint density at radius 2 is 0.707 bits per heavy atom. The molecule has 0 aromatic carbocycles. The van der Waals surface area contributed by atoms with Crippen LogP contribution in [0.5, 0.6) is 0 Å². The Morgan fingerprint density at radius 3 is 1.02 bits per heavy atom. The van der Waals surface area contributed by atoms with Gasteiger partial charge in [-0.1, -0.05) is 352 Å². The van der Waals surface area contributed by atoms with E-state index in [-0.39, 0.29) is 19.1 Å². The Kier molecular flexibility index (Phi) is 63.2. The summed E-state index contributed by atoms with van der Waals surface area (Å²) in [4.78, 5) is 25.6. The quantitative estimate of drug-likeness (QED) is 0.0272. The lowest BCUT2D eigenvalue weighted by Crippen LogP contribution is -2.46. The van der Waals surface area contributed by atoms with Crippen molar-refractivity contribution in [2.75, 3.05) is 40.9 Å². The first-order valence-corrected chi connectivity index (χ1v) is 37.8. The van der Waals surface area contributed by atoms with Crippen molar-refractivity contribution in [3.05, 3.63) is 36.5 Å². The Labute approximate surface area is 512 Å². The van der Waals surface area contributed by atoms with Gasteiger partial charge < -0.3 is 28.8 Å². The van der Waals surface area contributed by atoms with Gasteiger partial charge in [0.15, 0.2) is 0 Å². The van der Waals surface area contributed by atoms with Crippen LogP contribution in [0, 0.1) is 0 Å². The highest BCUT2D eigenvalue weighted by Crippen LogP contribution is 2.38. The number of hydrogen-bond donors (Lipinski definition) is 2. The molecule has 3 atom stereocenters. The molecule has 0 fully saturated rings. The Hall–Kier alpha value is -1.28. The number of phosphoric ester groups is 1. The number of phosphoric acid groups is 1. The van der Waals surface area contributed by atoms with Crippen LogP contribution in [0.3, 0.4) is 0 Å². The van der Waals surface area contributed by atoms with Gasteiger partial charge in [-0.25, -0.2) is 0 Å². The van der Waals surface area contributed by atoms with Gasteiger partial charge in [-0.2, -0.15) is 0 Å². The van der Waals surface area contributed by atoms with Crippen molar-refractivity contribution in [2.24, 2.45) is 0 Å². The SMILES string of the molecule is CCCCCCC/C=C\C/C=C\C/C=C\CCCCCCCCCCCCCCCCCCCCCCCCCCCCC(=O)NC(COP(=O)([O-])OCC[N+](C)(C)C)C(O)CCCCCCCCCCCCCCCCCCCCC. The third-order valence-corrected chi connectivity index (χ3v) is 17.8. The monoisotopic (exact) mass is 1180 g/mol. The van der Waals surface area contributed by atoms with Gasteiger partial charge in [0.05, 0.1) is 39.9 Å². The summed E-state index contributed by atoms with van der Waals surface area (Å²) in [5.74, 6) is -0.156. The molecule has 0 saturated carbocycles. The summed E-state index contributed by atoms with van der Waals surface area (Å²) in [7, 11) is 1.32. The number of nitrogens with zero attached hydrogens (tertiary/aromatic N) is 1. The predicted octanol–water partition coefficient (Wildman–Crippen LogP) is 22.6. The summed E-state index contributed by atoms with van der Waals surface area (Å²) in [6, 6.07) is -0.799. The summed E-state index contributed by atoms with van der Waals surface area (Å²) in [6.45, 7) is 4.76. The zero-order chi connectivity index (χ0) is 59.8. The van der Waals surface area contributed by atoms with Gasteiger partial charge in [-0.05, 0) is 51.4 Å². The summed E-state index contributed by atoms with van der Waals surface area (Å²) >= 11 is 0. The largest absolute Gasteiger partial charge is 0.756 e. The molecule has 82 heavy (non-hydrogen) atoms. The van der Waals surface area contributed by atoms with Gasteiger partial charge in [0.25, 0.3) is 7.82 Å². The molecule has 2 N–H and O–H groups in total. The molecule has 0 aliphatic rings. The number of amides is 1. The van der Waals surface area contributed by atoms with E-state index in [2.05, 4.69) is 55.6 Å². The minimum atomic E-state index is -4.58. The maximum Gasteiger partial charge on any atom is 0.268 e. The lowest BCUT2D eigenvalue weighted by atomic mass is 10.0. The van der Waals surface area contributed by atoms with Crippen molar-refractivity contribution >= 4 is 13.7 Å². The van der Waals surface area contributed by atoms with Crippen LogP contribution in [0.2, 0.25) is 0 Å². The van der Waals surface area contributed by atoms with E-state index in [1.54, 1.807) is 0 Å². The Bertz CT molecular complexity index is 1430. The number of allylic oxidation sites excluding steroid dienone is 6. The van der Waals surface area contributed by atoms with E-state index < -0.39 is 20.0 Å². The first-order chi connectivity index (χ1) is 40.0. The molecule has 8 nitrogen and oxygen atoms in total. The molecule has 0 rings (SSSR count). The van der Waals surface area contributed by atoms with E-state index in [1.807, 2.05) is 21.1 Å². The smallest absolute Gasteiger partial charge is 0.268 e. The number of likely N-dealkylation sites (N-methyl/N-ethyl adjacent to an activating group) is 1. The number of aliphatic hydroxyl groups is 1. The number of quaternary nitrogens is 1. The van der Waals surface area contributed by atoms with Crippen LogP contribution in [0.4, 0.5) is 0 Å². The fourth-order valence-corrected chi connectivity index (χ4v) is 12.0. The lowest BCUT2D eigenvalue weighted by molar-refractivity contribution is -0.870. The maximum atomic E-state index is 13.1. The standard InChI is InChI=1S/C73H143N2O6P/c1-6-8-10-12-14-16-18-20-22-24-26-27-28-29-30-31-32-33-34-35-36-37-38-39-40-41-42-43-44-45-46-47-49-51-53-55-57-59-61-63-65-67-73(77)74-71(70-81-82(78,79)80-69-68-75(3,4)5)72(76)66-64-62-60-58-56-54-52-50-48-25-23-21-19-17-15-13-11-9-7-2/h18,20,24,26,28-29,71-72,76H,6-17,19,21-23,25,27,30-70H2,1-5H3,(H-,74,77,78,79)/b20-18-,26-24-,29-28-. The molecular weight excluding hydrogens is 1030 g/mol. The second-order valence-corrected chi connectivity index (χ2v) is 27.7. The second-order valence-electron chi connectivity index (χ2n) is 26.3. The van der Waals surface area contributed by atoms with Crippen LogP contribution in [-0.2, 0) is 18.4 Å². The van der Waals surface area contributed by atoms with Crippen LogP contribution in [0.25, 0.3) is 0 Å². The maximum absolute atomic E-state index is 13.1. The molecule has 0 heterocycles. The number of rotatable bonds is 68. The van der Waals surface area contributed by atoms with E-state index in [9.17, 15) is 19.4 Å². The molecule has 9 heteroatoms. The van der Waals surface area contributed by atoms with Gasteiger partial charge >= 0.3 is 0 Å².